The van der Waals surface area contributed by atoms with Crippen molar-refractivity contribution >= 4 is 5.69 Å². The minimum absolute atomic E-state index is 0.0147. The van der Waals surface area contributed by atoms with E-state index in [-0.39, 0.29) is 6.04 Å². The van der Waals surface area contributed by atoms with Gasteiger partial charge in [-0.3, -0.25) is 4.98 Å². The first-order chi connectivity index (χ1) is 8.68. The monoisotopic (exact) mass is 240 g/mol. The summed E-state index contributed by atoms with van der Waals surface area (Å²) in [6.07, 6.45) is 4.28. The zero-order valence-electron chi connectivity index (χ0n) is 10.3. The number of fused-ring (bicyclic) bond motifs is 1. The van der Waals surface area contributed by atoms with Crippen molar-refractivity contribution in [3.8, 4) is 0 Å². The van der Waals surface area contributed by atoms with Crippen molar-refractivity contribution in [2.45, 2.75) is 25.0 Å². The molecule has 1 aliphatic heterocycles. The Labute approximate surface area is 107 Å². The van der Waals surface area contributed by atoms with Crippen molar-refractivity contribution in [3.63, 3.8) is 0 Å². The highest BCUT2D eigenvalue weighted by Crippen LogP contribution is 2.35. The lowest BCUT2D eigenvalue weighted by atomic mass is 9.87. The van der Waals surface area contributed by atoms with Crippen molar-refractivity contribution in [1.29, 1.82) is 0 Å². The third-order valence-electron chi connectivity index (χ3n) is 3.70. The molecule has 2 heterocycles. The summed E-state index contributed by atoms with van der Waals surface area (Å²) in [6, 6.07) is 11.9. The van der Waals surface area contributed by atoms with Crippen LogP contribution in [-0.4, -0.2) is 16.1 Å². The van der Waals surface area contributed by atoms with E-state index in [2.05, 4.69) is 22.4 Å². The van der Waals surface area contributed by atoms with Crippen LogP contribution in [0.1, 0.15) is 18.1 Å². The zero-order valence-corrected chi connectivity index (χ0v) is 10.3. The molecule has 1 aromatic heterocycles. The minimum Gasteiger partial charge on any atom is -0.383 e. The second-order valence-corrected chi connectivity index (χ2v) is 4.95. The number of rotatable bonds is 2. The number of aliphatic hydroxyl groups is 1. The average molecular weight is 240 g/mol. The van der Waals surface area contributed by atoms with Gasteiger partial charge in [0.15, 0.2) is 0 Å². The molecule has 0 aliphatic carbocycles. The number of hydrogen-bond donors (Lipinski definition) is 2. The maximum absolute atomic E-state index is 10.8. The van der Waals surface area contributed by atoms with E-state index in [0.717, 1.165) is 17.7 Å². The molecule has 1 aromatic carbocycles. The molecule has 18 heavy (non-hydrogen) atoms. The van der Waals surface area contributed by atoms with Gasteiger partial charge in [0.05, 0.1) is 6.04 Å². The topological polar surface area (TPSA) is 45.2 Å². The number of aromatic nitrogens is 1. The molecule has 1 aliphatic rings. The fourth-order valence-corrected chi connectivity index (χ4v) is 2.50. The van der Waals surface area contributed by atoms with Crippen LogP contribution in [0.2, 0.25) is 0 Å². The van der Waals surface area contributed by atoms with Gasteiger partial charge >= 0.3 is 0 Å². The first kappa shape index (κ1) is 11.2. The van der Waals surface area contributed by atoms with Gasteiger partial charge in [0, 0.05) is 23.6 Å². The van der Waals surface area contributed by atoms with Gasteiger partial charge in [0.25, 0.3) is 0 Å². The lowest BCUT2D eigenvalue weighted by molar-refractivity contribution is 0.0378. The number of pyridine rings is 1. The van der Waals surface area contributed by atoms with Gasteiger partial charge in [0.1, 0.15) is 5.60 Å². The number of para-hydroxylation sites is 1. The molecule has 0 saturated heterocycles. The van der Waals surface area contributed by atoms with Crippen LogP contribution in [0.3, 0.4) is 0 Å². The predicted octanol–water partition coefficient (Wildman–Crippen LogP) is 2.33. The molecule has 2 aromatic rings. The van der Waals surface area contributed by atoms with E-state index in [1.54, 1.807) is 12.4 Å². The van der Waals surface area contributed by atoms with Gasteiger partial charge in [-0.25, -0.2) is 0 Å². The Morgan fingerprint density at radius 3 is 2.83 bits per heavy atom. The molecule has 3 nitrogen and oxygen atoms in total. The third-order valence-corrected chi connectivity index (χ3v) is 3.70. The standard InChI is InChI=1S/C15H16N2O/c1-15(18,12-6-4-8-16-10-12)14-9-11-5-2-3-7-13(11)17-14/h2-8,10,14,17-18H,9H2,1H3. The van der Waals surface area contributed by atoms with E-state index in [1.165, 1.54) is 5.56 Å². The summed E-state index contributed by atoms with van der Waals surface area (Å²) in [5.41, 5.74) is 2.29. The van der Waals surface area contributed by atoms with Crippen LogP contribution in [-0.2, 0) is 12.0 Å². The molecular weight excluding hydrogens is 224 g/mol. The Morgan fingerprint density at radius 1 is 1.28 bits per heavy atom. The average Bonchev–Trinajstić information content (AvgIpc) is 2.84. The number of nitrogens with one attached hydrogen (secondary N) is 1. The second-order valence-electron chi connectivity index (χ2n) is 4.95. The molecule has 2 unspecified atom stereocenters. The lowest BCUT2D eigenvalue weighted by Gasteiger charge is -2.30. The maximum atomic E-state index is 10.8. The normalized spacial score (nSPS) is 20.9. The van der Waals surface area contributed by atoms with Crippen LogP contribution in [0.25, 0.3) is 0 Å². The van der Waals surface area contributed by atoms with Crippen LogP contribution in [0.4, 0.5) is 5.69 Å². The van der Waals surface area contributed by atoms with E-state index in [1.807, 2.05) is 31.2 Å². The van der Waals surface area contributed by atoms with Crippen molar-refractivity contribution in [3.05, 3.63) is 59.9 Å². The Hall–Kier alpha value is -1.87. The predicted molar refractivity (Wildman–Crippen MR) is 71.4 cm³/mol. The molecule has 0 spiro atoms. The van der Waals surface area contributed by atoms with E-state index >= 15 is 0 Å². The van der Waals surface area contributed by atoms with Crippen LogP contribution < -0.4 is 5.32 Å². The first-order valence-corrected chi connectivity index (χ1v) is 6.15. The molecule has 0 saturated carbocycles. The fourth-order valence-electron chi connectivity index (χ4n) is 2.50. The summed E-state index contributed by atoms with van der Waals surface area (Å²) in [5.74, 6) is 0. The minimum atomic E-state index is -0.923. The highest BCUT2D eigenvalue weighted by Gasteiger charge is 2.37. The van der Waals surface area contributed by atoms with Gasteiger partial charge in [-0.05, 0) is 31.0 Å². The summed E-state index contributed by atoms with van der Waals surface area (Å²) >= 11 is 0. The smallest absolute Gasteiger partial charge is 0.109 e. The highest BCUT2D eigenvalue weighted by atomic mass is 16.3. The van der Waals surface area contributed by atoms with Crippen LogP contribution in [0.15, 0.2) is 48.8 Å². The molecule has 92 valence electrons. The molecule has 0 bridgehead atoms. The van der Waals surface area contributed by atoms with Gasteiger partial charge in [-0.15, -0.1) is 0 Å². The van der Waals surface area contributed by atoms with Crippen molar-refractivity contribution in [2.24, 2.45) is 0 Å². The molecular formula is C15H16N2O. The fraction of sp³-hybridized carbons (Fsp3) is 0.267. The van der Waals surface area contributed by atoms with Crippen LogP contribution >= 0.6 is 0 Å². The molecule has 3 heteroatoms. The molecule has 2 atom stereocenters. The summed E-state index contributed by atoms with van der Waals surface area (Å²) in [4.78, 5) is 4.08. The quantitative estimate of drug-likeness (QED) is 0.846. The second kappa shape index (κ2) is 4.10. The highest BCUT2D eigenvalue weighted by molar-refractivity contribution is 5.57. The largest absolute Gasteiger partial charge is 0.383 e. The maximum Gasteiger partial charge on any atom is 0.109 e. The van der Waals surface area contributed by atoms with Crippen molar-refractivity contribution in [2.75, 3.05) is 5.32 Å². The number of hydrogen-bond acceptors (Lipinski definition) is 3. The summed E-state index contributed by atoms with van der Waals surface area (Å²) in [7, 11) is 0. The van der Waals surface area contributed by atoms with E-state index in [0.29, 0.717) is 0 Å². The van der Waals surface area contributed by atoms with Gasteiger partial charge in [-0.2, -0.15) is 0 Å². The number of anilines is 1. The molecule has 3 rings (SSSR count). The Balaban J connectivity index is 1.90. The van der Waals surface area contributed by atoms with Gasteiger partial charge in [0.2, 0.25) is 0 Å². The lowest BCUT2D eigenvalue weighted by Crippen LogP contribution is -2.40. The zero-order chi connectivity index (χ0) is 12.6. The molecule has 0 amide bonds. The summed E-state index contributed by atoms with van der Waals surface area (Å²) < 4.78 is 0. The summed E-state index contributed by atoms with van der Waals surface area (Å²) in [6.45, 7) is 1.84. The Morgan fingerprint density at radius 2 is 2.11 bits per heavy atom. The Kier molecular flexibility index (Phi) is 2.56. The number of benzene rings is 1. The van der Waals surface area contributed by atoms with Gasteiger partial charge in [-0.1, -0.05) is 24.3 Å². The molecule has 2 N–H and O–H groups in total. The Bertz CT molecular complexity index is 526. The first-order valence-electron chi connectivity index (χ1n) is 6.15. The van der Waals surface area contributed by atoms with Crippen LogP contribution in [0, 0.1) is 0 Å². The number of nitrogens with zero attached hydrogens (tertiary/aromatic N) is 1. The third kappa shape index (κ3) is 1.77. The molecule has 0 fully saturated rings. The van der Waals surface area contributed by atoms with E-state index < -0.39 is 5.60 Å². The van der Waals surface area contributed by atoms with Gasteiger partial charge < -0.3 is 10.4 Å². The van der Waals surface area contributed by atoms with Crippen molar-refractivity contribution < 1.29 is 5.11 Å². The van der Waals surface area contributed by atoms with Crippen molar-refractivity contribution in [1.82, 2.24) is 4.98 Å². The SMILES string of the molecule is CC(O)(c1cccnc1)C1Cc2ccccc2N1. The van der Waals surface area contributed by atoms with E-state index in [9.17, 15) is 5.11 Å². The van der Waals surface area contributed by atoms with E-state index in [4.69, 9.17) is 0 Å². The van der Waals surface area contributed by atoms with Crippen LogP contribution in [0.5, 0.6) is 0 Å². The molecule has 0 radical (unpaired) electrons. The summed E-state index contributed by atoms with van der Waals surface area (Å²) in [5, 5.41) is 14.2.